The largest absolute Gasteiger partial charge is 0.497 e. The molecule has 2 atom stereocenters. The Labute approximate surface area is 137 Å². The van der Waals surface area contributed by atoms with E-state index in [-0.39, 0.29) is 5.92 Å². The number of hydrogen-bond acceptors (Lipinski definition) is 4. The van der Waals surface area contributed by atoms with Crippen LogP contribution >= 0.6 is 0 Å². The number of carbonyl (C=O) groups is 1. The Morgan fingerprint density at radius 2 is 1.65 bits per heavy atom. The fourth-order valence-electron chi connectivity index (χ4n) is 2.90. The number of benzene rings is 2. The third kappa shape index (κ3) is 3.90. The Morgan fingerprint density at radius 1 is 1.00 bits per heavy atom. The third-order valence-corrected chi connectivity index (χ3v) is 3.89. The number of carbonyl (C=O) groups excluding carboxylic acids is 1. The summed E-state index contributed by atoms with van der Waals surface area (Å²) >= 11 is 0. The van der Waals surface area contributed by atoms with Crippen LogP contribution in [0.2, 0.25) is 0 Å². The van der Waals surface area contributed by atoms with Crippen molar-refractivity contribution in [3.8, 4) is 5.75 Å². The summed E-state index contributed by atoms with van der Waals surface area (Å²) in [4.78, 5) is 12.0. The maximum absolute atomic E-state index is 12.0. The van der Waals surface area contributed by atoms with Gasteiger partial charge >= 0.3 is 5.97 Å². The first kappa shape index (κ1) is 17.0. The number of rotatable bonds is 5. The van der Waals surface area contributed by atoms with Gasteiger partial charge in [-0.3, -0.25) is 4.79 Å². The van der Waals surface area contributed by atoms with E-state index in [0.717, 1.165) is 28.0 Å². The standard InChI is InChI=1S/C19H23NO3/c1-12-8-13(2)10-15(9-12)17(18(20)19(21)23-4)14-6-5-7-16(11-14)22-3/h5-11,17-18H,20H2,1-4H3/t17-,18+/m1/s1. The molecule has 0 bridgehead atoms. The number of esters is 1. The zero-order valence-electron chi connectivity index (χ0n) is 14.0. The summed E-state index contributed by atoms with van der Waals surface area (Å²) in [7, 11) is 2.97. The molecule has 2 N–H and O–H groups in total. The predicted molar refractivity (Wildman–Crippen MR) is 90.7 cm³/mol. The monoisotopic (exact) mass is 313 g/mol. The first-order valence-electron chi connectivity index (χ1n) is 7.51. The summed E-state index contributed by atoms with van der Waals surface area (Å²) < 4.78 is 10.2. The van der Waals surface area contributed by atoms with Gasteiger partial charge in [-0.05, 0) is 37.1 Å². The van der Waals surface area contributed by atoms with Gasteiger partial charge in [0.05, 0.1) is 14.2 Å². The predicted octanol–water partition coefficient (Wildman–Crippen LogP) is 2.94. The van der Waals surface area contributed by atoms with Crippen molar-refractivity contribution in [2.45, 2.75) is 25.8 Å². The second-order valence-electron chi connectivity index (χ2n) is 5.72. The first-order chi connectivity index (χ1) is 11.0. The van der Waals surface area contributed by atoms with E-state index in [1.807, 2.05) is 38.1 Å². The molecule has 4 heteroatoms. The molecule has 2 rings (SSSR count). The molecule has 0 amide bonds. The van der Waals surface area contributed by atoms with E-state index in [1.54, 1.807) is 7.11 Å². The summed E-state index contributed by atoms with van der Waals surface area (Å²) in [5.74, 6) is 0.00192. The van der Waals surface area contributed by atoms with E-state index < -0.39 is 12.0 Å². The minimum Gasteiger partial charge on any atom is -0.497 e. The summed E-state index contributed by atoms with van der Waals surface area (Å²) in [5, 5.41) is 0. The van der Waals surface area contributed by atoms with Crippen molar-refractivity contribution in [2.75, 3.05) is 14.2 Å². The minimum atomic E-state index is -0.784. The van der Waals surface area contributed by atoms with E-state index >= 15 is 0 Å². The second kappa shape index (κ2) is 7.29. The molecule has 0 unspecified atom stereocenters. The Bertz CT molecular complexity index is 677. The van der Waals surface area contributed by atoms with Crippen LogP contribution in [0.5, 0.6) is 5.75 Å². The van der Waals surface area contributed by atoms with Crippen LogP contribution in [0.15, 0.2) is 42.5 Å². The van der Waals surface area contributed by atoms with Gasteiger partial charge in [0.15, 0.2) is 0 Å². The smallest absolute Gasteiger partial charge is 0.323 e. The quantitative estimate of drug-likeness (QED) is 0.862. The van der Waals surface area contributed by atoms with Gasteiger partial charge in [-0.25, -0.2) is 0 Å². The van der Waals surface area contributed by atoms with Crippen molar-refractivity contribution in [1.82, 2.24) is 0 Å². The molecule has 0 fully saturated rings. The Balaban J connectivity index is 2.57. The summed E-state index contributed by atoms with van der Waals surface area (Å²) in [6.07, 6.45) is 0. The van der Waals surface area contributed by atoms with Gasteiger partial charge in [-0.2, -0.15) is 0 Å². The van der Waals surface area contributed by atoms with Gasteiger partial charge in [0.1, 0.15) is 11.8 Å². The van der Waals surface area contributed by atoms with Gasteiger partial charge < -0.3 is 15.2 Å². The van der Waals surface area contributed by atoms with Gasteiger partial charge in [0.2, 0.25) is 0 Å². The summed E-state index contributed by atoms with van der Waals surface area (Å²) in [6, 6.07) is 13.0. The maximum atomic E-state index is 12.0. The van der Waals surface area contributed by atoms with Gasteiger partial charge in [-0.1, -0.05) is 41.5 Å². The first-order valence-corrected chi connectivity index (χ1v) is 7.51. The number of aryl methyl sites for hydroxylation is 2. The lowest BCUT2D eigenvalue weighted by Gasteiger charge is -2.24. The second-order valence-corrected chi connectivity index (χ2v) is 5.72. The topological polar surface area (TPSA) is 61.5 Å². The van der Waals surface area contributed by atoms with Crippen LogP contribution in [-0.2, 0) is 9.53 Å². The maximum Gasteiger partial charge on any atom is 0.323 e. The van der Waals surface area contributed by atoms with Crippen LogP contribution in [0.25, 0.3) is 0 Å². The highest BCUT2D eigenvalue weighted by Gasteiger charge is 2.29. The number of hydrogen-bond donors (Lipinski definition) is 1. The summed E-state index contributed by atoms with van der Waals surface area (Å²) in [5.41, 5.74) is 10.4. The Morgan fingerprint density at radius 3 is 2.22 bits per heavy atom. The molecule has 122 valence electrons. The van der Waals surface area contributed by atoms with E-state index in [2.05, 4.69) is 18.2 Å². The van der Waals surface area contributed by atoms with Crippen LogP contribution in [0.3, 0.4) is 0 Å². The van der Waals surface area contributed by atoms with Crippen molar-refractivity contribution in [3.63, 3.8) is 0 Å². The average molecular weight is 313 g/mol. The zero-order valence-corrected chi connectivity index (χ0v) is 14.0. The molecule has 2 aromatic carbocycles. The van der Waals surface area contributed by atoms with Crippen LogP contribution < -0.4 is 10.5 Å². The summed E-state index contributed by atoms with van der Waals surface area (Å²) in [6.45, 7) is 4.06. The molecule has 0 heterocycles. The molecule has 0 aromatic heterocycles. The molecule has 0 aliphatic carbocycles. The molecular formula is C19H23NO3. The zero-order chi connectivity index (χ0) is 17.0. The van der Waals surface area contributed by atoms with Gasteiger partial charge in [-0.15, -0.1) is 0 Å². The third-order valence-electron chi connectivity index (χ3n) is 3.89. The molecule has 4 nitrogen and oxygen atoms in total. The van der Waals surface area contributed by atoms with Crippen molar-refractivity contribution < 1.29 is 14.3 Å². The fourth-order valence-corrected chi connectivity index (χ4v) is 2.90. The molecule has 0 spiro atoms. The van der Waals surface area contributed by atoms with E-state index in [0.29, 0.717) is 0 Å². The van der Waals surface area contributed by atoms with Crippen molar-refractivity contribution in [3.05, 3.63) is 64.7 Å². The fraction of sp³-hybridized carbons (Fsp3) is 0.316. The Hall–Kier alpha value is -2.33. The van der Waals surface area contributed by atoms with Crippen molar-refractivity contribution in [1.29, 1.82) is 0 Å². The van der Waals surface area contributed by atoms with E-state index in [9.17, 15) is 4.79 Å². The van der Waals surface area contributed by atoms with Gasteiger partial charge in [0, 0.05) is 5.92 Å². The van der Waals surface area contributed by atoms with Crippen LogP contribution in [0.4, 0.5) is 0 Å². The highest BCUT2D eigenvalue weighted by Crippen LogP contribution is 2.31. The van der Waals surface area contributed by atoms with Crippen LogP contribution in [-0.4, -0.2) is 26.2 Å². The lowest BCUT2D eigenvalue weighted by molar-refractivity contribution is -0.142. The van der Waals surface area contributed by atoms with Crippen LogP contribution in [0.1, 0.15) is 28.2 Å². The lowest BCUT2D eigenvalue weighted by atomic mass is 9.84. The number of nitrogens with two attached hydrogens (primary N) is 1. The van der Waals surface area contributed by atoms with Crippen molar-refractivity contribution >= 4 is 5.97 Å². The highest BCUT2D eigenvalue weighted by atomic mass is 16.5. The van der Waals surface area contributed by atoms with E-state index in [1.165, 1.54) is 7.11 Å². The average Bonchev–Trinajstić information content (AvgIpc) is 2.53. The van der Waals surface area contributed by atoms with Gasteiger partial charge in [0.25, 0.3) is 0 Å². The molecule has 0 saturated carbocycles. The number of methoxy groups -OCH3 is 2. The lowest BCUT2D eigenvalue weighted by Crippen LogP contribution is -2.38. The minimum absolute atomic E-state index is 0.295. The molecule has 0 aliphatic rings. The molecule has 2 aromatic rings. The molecule has 0 saturated heterocycles. The molecule has 0 radical (unpaired) electrons. The molecular weight excluding hydrogens is 290 g/mol. The SMILES string of the molecule is COC(=O)[C@@H](N)[C@@H](c1cc(C)cc(C)c1)c1cccc(OC)c1. The van der Waals surface area contributed by atoms with E-state index in [4.69, 9.17) is 15.2 Å². The highest BCUT2D eigenvalue weighted by molar-refractivity contribution is 5.77. The van der Waals surface area contributed by atoms with Crippen LogP contribution in [0, 0.1) is 13.8 Å². The van der Waals surface area contributed by atoms with Crippen molar-refractivity contribution in [2.24, 2.45) is 5.73 Å². The normalized spacial score (nSPS) is 13.3. The Kier molecular flexibility index (Phi) is 5.40. The number of ether oxygens (including phenoxy) is 2. The molecule has 23 heavy (non-hydrogen) atoms. The molecule has 0 aliphatic heterocycles.